The Kier molecular flexibility index (Phi) is 5.18. The molecular formula is C13H8Cl3FN4O. The van der Waals surface area contributed by atoms with Crippen LogP contribution in [0.15, 0.2) is 29.4 Å². The molecule has 0 spiro atoms. The van der Waals surface area contributed by atoms with Crippen molar-refractivity contribution >= 4 is 52.6 Å². The van der Waals surface area contributed by atoms with Crippen LogP contribution in [-0.4, -0.2) is 17.1 Å². The number of hydrazone groups is 1. The lowest BCUT2D eigenvalue weighted by Crippen LogP contribution is -2.20. The standard InChI is InChI=1S/C13H8Cl3FN4O/c14-8-10(18)9(15)12(16)20-11(8)13(22)21-19-5-6-2-1-3-7(17)4-6/h1-5H,(H2,18,20)(H,21,22)/b19-5+. The lowest BCUT2D eigenvalue weighted by molar-refractivity contribution is 0.0950. The molecule has 0 bridgehead atoms. The SMILES string of the molecule is Nc1c(Cl)c(Cl)nc(C(=O)N/N=C/c2cccc(F)c2)c1Cl. The van der Waals surface area contributed by atoms with Gasteiger partial charge in [0.1, 0.15) is 10.8 Å². The zero-order valence-corrected chi connectivity index (χ0v) is 13.0. The molecule has 0 atom stereocenters. The van der Waals surface area contributed by atoms with Gasteiger partial charge in [0, 0.05) is 0 Å². The van der Waals surface area contributed by atoms with Gasteiger partial charge in [0.2, 0.25) is 0 Å². The van der Waals surface area contributed by atoms with Crippen LogP contribution in [0.1, 0.15) is 16.1 Å². The third-order valence-electron chi connectivity index (χ3n) is 2.52. The van der Waals surface area contributed by atoms with Gasteiger partial charge in [0.05, 0.1) is 16.9 Å². The molecule has 0 radical (unpaired) electrons. The summed E-state index contributed by atoms with van der Waals surface area (Å²) in [5, 5.41) is 3.36. The number of nitrogen functional groups attached to an aromatic ring is 1. The minimum atomic E-state index is -0.733. The fourth-order valence-electron chi connectivity index (χ4n) is 1.49. The van der Waals surface area contributed by atoms with E-state index in [2.05, 4.69) is 15.5 Å². The van der Waals surface area contributed by atoms with E-state index < -0.39 is 11.7 Å². The molecule has 0 fully saturated rings. The van der Waals surface area contributed by atoms with Crippen molar-refractivity contribution in [2.75, 3.05) is 5.73 Å². The molecule has 0 unspecified atom stereocenters. The first-order chi connectivity index (χ1) is 10.4. The van der Waals surface area contributed by atoms with Crippen LogP contribution in [0.3, 0.4) is 0 Å². The summed E-state index contributed by atoms with van der Waals surface area (Å²) in [7, 11) is 0. The Labute approximate surface area is 139 Å². The van der Waals surface area contributed by atoms with Gasteiger partial charge in [-0.05, 0) is 17.7 Å². The van der Waals surface area contributed by atoms with E-state index in [9.17, 15) is 9.18 Å². The van der Waals surface area contributed by atoms with Crippen LogP contribution in [0.5, 0.6) is 0 Å². The van der Waals surface area contributed by atoms with E-state index in [1.807, 2.05) is 0 Å². The van der Waals surface area contributed by atoms with Crippen LogP contribution in [0.25, 0.3) is 0 Å². The van der Waals surface area contributed by atoms with Gasteiger partial charge in [-0.25, -0.2) is 14.8 Å². The van der Waals surface area contributed by atoms with E-state index >= 15 is 0 Å². The predicted octanol–water partition coefficient (Wildman–Crippen LogP) is 3.53. The molecule has 0 saturated carbocycles. The van der Waals surface area contributed by atoms with Gasteiger partial charge in [-0.1, -0.05) is 46.9 Å². The van der Waals surface area contributed by atoms with Crippen LogP contribution in [0.2, 0.25) is 15.2 Å². The number of hydrogen-bond donors (Lipinski definition) is 2. The van der Waals surface area contributed by atoms with Crippen LogP contribution >= 0.6 is 34.8 Å². The fourth-order valence-corrected chi connectivity index (χ4v) is 2.08. The maximum atomic E-state index is 13.0. The molecule has 22 heavy (non-hydrogen) atoms. The third kappa shape index (κ3) is 3.65. The smallest absolute Gasteiger partial charge is 0.291 e. The molecule has 0 aliphatic carbocycles. The molecule has 3 N–H and O–H groups in total. The van der Waals surface area contributed by atoms with Gasteiger partial charge in [-0.15, -0.1) is 0 Å². The van der Waals surface area contributed by atoms with Gasteiger partial charge >= 0.3 is 0 Å². The molecule has 0 aliphatic heterocycles. The number of carbonyl (C=O) groups excluding carboxylic acids is 1. The Morgan fingerprint density at radius 2 is 2.05 bits per heavy atom. The van der Waals surface area contributed by atoms with Crippen molar-refractivity contribution in [1.82, 2.24) is 10.4 Å². The molecule has 0 aliphatic rings. The first-order valence-corrected chi connectivity index (χ1v) is 6.92. The van der Waals surface area contributed by atoms with E-state index in [1.165, 1.54) is 24.4 Å². The Morgan fingerprint density at radius 1 is 1.32 bits per heavy atom. The first-order valence-electron chi connectivity index (χ1n) is 5.79. The maximum absolute atomic E-state index is 13.0. The number of hydrogen-bond acceptors (Lipinski definition) is 4. The number of halogens is 4. The van der Waals surface area contributed by atoms with Crippen molar-refractivity contribution < 1.29 is 9.18 Å². The minimum Gasteiger partial charge on any atom is -0.396 e. The van der Waals surface area contributed by atoms with Gasteiger partial charge in [0.15, 0.2) is 10.8 Å². The number of pyridine rings is 1. The zero-order chi connectivity index (χ0) is 16.3. The van der Waals surface area contributed by atoms with Crippen molar-refractivity contribution in [3.05, 3.63) is 56.5 Å². The highest BCUT2D eigenvalue weighted by molar-refractivity contribution is 6.46. The number of amides is 1. The topological polar surface area (TPSA) is 80.4 Å². The second kappa shape index (κ2) is 6.91. The number of anilines is 1. The summed E-state index contributed by atoms with van der Waals surface area (Å²) >= 11 is 17.4. The number of nitrogens with zero attached hydrogens (tertiary/aromatic N) is 2. The van der Waals surface area contributed by atoms with Crippen molar-refractivity contribution in [2.45, 2.75) is 0 Å². The molecule has 1 aromatic carbocycles. The molecule has 0 saturated heterocycles. The molecule has 5 nitrogen and oxygen atoms in total. The first kappa shape index (κ1) is 16.5. The minimum absolute atomic E-state index is 0.0357. The van der Waals surface area contributed by atoms with E-state index in [1.54, 1.807) is 6.07 Å². The summed E-state index contributed by atoms with van der Waals surface area (Å²) in [5.74, 6) is -1.15. The Hall–Kier alpha value is -1.89. The number of carbonyl (C=O) groups is 1. The number of benzene rings is 1. The molecule has 1 heterocycles. The van der Waals surface area contributed by atoms with Gasteiger partial charge in [0.25, 0.3) is 5.91 Å². The van der Waals surface area contributed by atoms with Crippen molar-refractivity contribution in [3.63, 3.8) is 0 Å². The van der Waals surface area contributed by atoms with Crippen LogP contribution in [0, 0.1) is 5.82 Å². The lowest BCUT2D eigenvalue weighted by Gasteiger charge is -2.07. The van der Waals surface area contributed by atoms with E-state index in [4.69, 9.17) is 40.5 Å². The highest BCUT2D eigenvalue weighted by atomic mass is 35.5. The molecule has 9 heteroatoms. The Bertz CT molecular complexity index is 767. The summed E-state index contributed by atoms with van der Waals surface area (Å²) in [6, 6.07) is 5.66. The quantitative estimate of drug-likeness (QED) is 0.498. The predicted molar refractivity (Wildman–Crippen MR) is 85.1 cm³/mol. The number of nitrogens with two attached hydrogens (primary N) is 1. The maximum Gasteiger partial charge on any atom is 0.291 e. The van der Waals surface area contributed by atoms with Crippen molar-refractivity contribution in [3.8, 4) is 0 Å². The van der Waals surface area contributed by atoms with E-state index in [0.29, 0.717) is 5.56 Å². The summed E-state index contributed by atoms with van der Waals surface area (Å²) in [6.07, 6.45) is 1.26. The Morgan fingerprint density at radius 3 is 2.73 bits per heavy atom. The lowest BCUT2D eigenvalue weighted by atomic mass is 10.2. The summed E-state index contributed by atoms with van der Waals surface area (Å²) in [4.78, 5) is 15.7. The van der Waals surface area contributed by atoms with Crippen LogP contribution < -0.4 is 11.2 Å². The van der Waals surface area contributed by atoms with Crippen molar-refractivity contribution in [2.24, 2.45) is 5.10 Å². The van der Waals surface area contributed by atoms with E-state index in [0.717, 1.165) is 0 Å². The summed E-state index contributed by atoms with van der Waals surface area (Å²) < 4.78 is 13.0. The molecular weight excluding hydrogens is 354 g/mol. The number of aromatic nitrogens is 1. The van der Waals surface area contributed by atoms with Crippen LogP contribution in [0.4, 0.5) is 10.1 Å². The third-order valence-corrected chi connectivity index (χ3v) is 3.65. The number of nitrogens with one attached hydrogen (secondary N) is 1. The van der Waals surface area contributed by atoms with Gasteiger partial charge < -0.3 is 5.73 Å². The largest absolute Gasteiger partial charge is 0.396 e. The van der Waals surface area contributed by atoms with Crippen molar-refractivity contribution in [1.29, 1.82) is 0 Å². The fraction of sp³-hybridized carbons (Fsp3) is 0. The van der Waals surface area contributed by atoms with Gasteiger partial charge in [-0.3, -0.25) is 4.79 Å². The number of rotatable bonds is 3. The second-order valence-corrected chi connectivity index (χ2v) is 5.16. The van der Waals surface area contributed by atoms with E-state index in [-0.39, 0.29) is 26.6 Å². The normalized spacial score (nSPS) is 10.9. The molecule has 2 aromatic rings. The Balaban J connectivity index is 2.17. The van der Waals surface area contributed by atoms with Gasteiger partial charge in [-0.2, -0.15) is 5.10 Å². The molecule has 2 rings (SSSR count). The average Bonchev–Trinajstić information content (AvgIpc) is 2.48. The summed E-state index contributed by atoms with van der Waals surface area (Å²) in [6.45, 7) is 0. The average molecular weight is 362 g/mol. The summed E-state index contributed by atoms with van der Waals surface area (Å²) in [5.41, 5.74) is 7.99. The molecule has 1 aromatic heterocycles. The zero-order valence-electron chi connectivity index (χ0n) is 10.8. The highest BCUT2D eigenvalue weighted by Crippen LogP contribution is 2.34. The second-order valence-electron chi connectivity index (χ2n) is 4.05. The van der Waals surface area contributed by atoms with Crippen LogP contribution in [-0.2, 0) is 0 Å². The molecule has 1 amide bonds. The highest BCUT2D eigenvalue weighted by Gasteiger charge is 2.19. The monoisotopic (exact) mass is 360 g/mol. The molecule has 114 valence electrons.